The van der Waals surface area contributed by atoms with Crippen LogP contribution in [0.4, 0.5) is 0 Å². The Labute approximate surface area is 69.3 Å². The summed E-state index contributed by atoms with van der Waals surface area (Å²) < 4.78 is 0. The van der Waals surface area contributed by atoms with Crippen LogP contribution in [0.15, 0.2) is 12.7 Å². The van der Waals surface area contributed by atoms with Gasteiger partial charge in [-0.2, -0.15) is 0 Å². The van der Waals surface area contributed by atoms with Crippen molar-refractivity contribution in [1.82, 2.24) is 0 Å². The molecular weight excluding hydrogens is 144 g/mol. The van der Waals surface area contributed by atoms with Crippen molar-refractivity contribution in [2.24, 2.45) is 5.92 Å². The molecule has 2 unspecified atom stereocenters. The molecule has 0 aromatic rings. The van der Waals surface area contributed by atoms with Crippen molar-refractivity contribution in [3.63, 3.8) is 0 Å². The second-order valence-electron chi connectivity index (χ2n) is 2.64. The van der Waals surface area contributed by atoms with E-state index in [0.29, 0.717) is 5.92 Å². The Morgan fingerprint density at radius 3 is 2.40 bits per heavy atom. The summed E-state index contributed by atoms with van der Waals surface area (Å²) in [5.41, 5.74) is 0. The normalized spacial score (nSPS) is 16.3. The minimum atomic E-state index is 0.171. The van der Waals surface area contributed by atoms with Crippen molar-refractivity contribution in [3.05, 3.63) is 12.7 Å². The Kier molecular flexibility index (Phi) is 5.81. The molecule has 0 N–H and O–H groups in total. The highest BCUT2D eigenvalue weighted by Gasteiger charge is 2.12. The maximum atomic E-state index is 5.99. The van der Waals surface area contributed by atoms with Gasteiger partial charge in [0.1, 0.15) is 0 Å². The van der Waals surface area contributed by atoms with E-state index >= 15 is 0 Å². The molecular formula is C9H17Cl. The van der Waals surface area contributed by atoms with Crippen LogP contribution in [0.2, 0.25) is 0 Å². The molecule has 0 radical (unpaired) electrons. The van der Waals surface area contributed by atoms with Gasteiger partial charge in [0.2, 0.25) is 0 Å². The Bertz CT molecular complexity index is 88.7. The summed E-state index contributed by atoms with van der Waals surface area (Å²) >= 11 is 5.99. The van der Waals surface area contributed by atoms with Crippen LogP contribution in [0, 0.1) is 5.92 Å². The van der Waals surface area contributed by atoms with Gasteiger partial charge < -0.3 is 0 Å². The predicted molar refractivity (Wildman–Crippen MR) is 48.5 cm³/mol. The van der Waals surface area contributed by atoms with Crippen LogP contribution in [-0.2, 0) is 0 Å². The zero-order valence-corrected chi connectivity index (χ0v) is 7.69. The van der Waals surface area contributed by atoms with Crippen LogP contribution < -0.4 is 0 Å². The summed E-state index contributed by atoms with van der Waals surface area (Å²) in [6.07, 6.45) is 5.44. The van der Waals surface area contributed by atoms with Crippen molar-refractivity contribution in [3.8, 4) is 0 Å². The fourth-order valence-corrected chi connectivity index (χ4v) is 1.46. The van der Waals surface area contributed by atoms with Crippen LogP contribution in [-0.4, -0.2) is 5.38 Å². The molecule has 0 aliphatic heterocycles. The zero-order valence-electron chi connectivity index (χ0n) is 6.94. The predicted octanol–water partition coefficient (Wildman–Crippen LogP) is 3.61. The van der Waals surface area contributed by atoms with Crippen LogP contribution in [0.3, 0.4) is 0 Å². The van der Waals surface area contributed by atoms with Gasteiger partial charge in [0.05, 0.1) is 5.38 Å². The Morgan fingerprint density at radius 1 is 1.50 bits per heavy atom. The summed E-state index contributed by atoms with van der Waals surface area (Å²) in [7, 11) is 0. The van der Waals surface area contributed by atoms with E-state index in [2.05, 4.69) is 20.4 Å². The summed E-state index contributed by atoms with van der Waals surface area (Å²) in [5, 5.41) is 0.171. The number of rotatable bonds is 5. The topological polar surface area (TPSA) is 0 Å². The molecule has 0 heterocycles. The van der Waals surface area contributed by atoms with Gasteiger partial charge in [-0.05, 0) is 12.3 Å². The van der Waals surface area contributed by atoms with Crippen molar-refractivity contribution >= 4 is 11.6 Å². The highest BCUT2D eigenvalue weighted by Crippen LogP contribution is 2.20. The van der Waals surface area contributed by atoms with Crippen LogP contribution in [0.25, 0.3) is 0 Å². The van der Waals surface area contributed by atoms with E-state index in [1.807, 2.05) is 6.08 Å². The van der Waals surface area contributed by atoms with Gasteiger partial charge in [0.25, 0.3) is 0 Å². The van der Waals surface area contributed by atoms with Gasteiger partial charge in [-0.15, -0.1) is 18.2 Å². The minimum absolute atomic E-state index is 0.171. The van der Waals surface area contributed by atoms with Gasteiger partial charge >= 0.3 is 0 Å². The maximum Gasteiger partial charge on any atom is 0.0541 e. The van der Waals surface area contributed by atoms with Gasteiger partial charge in [-0.3, -0.25) is 0 Å². The number of halogens is 1. The molecule has 60 valence electrons. The first-order valence-electron chi connectivity index (χ1n) is 4.02. The van der Waals surface area contributed by atoms with Gasteiger partial charge in [-0.25, -0.2) is 0 Å². The molecule has 2 atom stereocenters. The third-order valence-corrected chi connectivity index (χ3v) is 2.39. The van der Waals surface area contributed by atoms with E-state index in [0.717, 1.165) is 6.42 Å². The number of allylic oxidation sites excluding steroid dienone is 1. The third kappa shape index (κ3) is 3.26. The molecule has 0 bridgehead atoms. The lowest BCUT2D eigenvalue weighted by atomic mass is 9.97. The molecule has 10 heavy (non-hydrogen) atoms. The van der Waals surface area contributed by atoms with Crippen LogP contribution >= 0.6 is 11.6 Å². The van der Waals surface area contributed by atoms with Gasteiger partial charge in [0, 0.05) is 0 Å². The molecule has 0 nitrogen and oxygen atoms in total. The molecule has 0 amide bonds. The van der Waals surface area contributed by atoms with Gasteiger partial charge in [0.15, 0.2) is 0 Å². The fraction of sp³-hybridized carbons (Fsp3) is 0.778. The van der Waals surface area contributed by atoms with Crippen molar-refractivity contribution in [2.75, 3.05) is 0 Å². The first-order valence-corrected chi connectivity index (χ1v) is 4.46. The largest absolute Gasteiger partial charge is 0.118 e. The Morgan fingerprint density at radius 2 is 2.10 bits per heavy atom. The summed E-state index contributed by atoms with van der Waals surface area (Å²) in [5.74, 6) is 0.629. The highest BCUT2D eigenvalue weighted by molar-refractivity contribution is 6.21. The number of hydrogen-bond donors (Lipinski definition) is 0. The molecule has 0 spiro atoms. The average Bonchev–Trinajstić information content (AvgIpc) is 1.99. The number of alkyl halides is 1. The molecule has 1 heteroatoms. The second kappa shape index (κ2) is 5.79. The molecule has 0 rings (SSSR count). The standard InChI is InChI=1S/C9H17Cl/c1-4-7-8(5-2)9(10)6-3/h6,8-9H,3-5,7H2,1-2H3. The first kappa shape index (κ1) is 10.0. The highest BCUT2D eigenvalue weighted by atomic mass is 35.5. The molecule has 0 saturated carbocycles. The molecule has 0 aliphatic carbocycles. The minimum Gasteiger partial charge on any atom is -0.118 e. The van der Waals surface area contributed by atoms with Crippen LogP contribution in [0.5, 0.6) is 0 Å². The van der Waals surface area contributed by atoms with E-state index in [-0.39, 0.29) is 5.38 Å². The summed E-state index contributed by atoms with van der Waals surface area (Å²) in [6, 6.07) is 0. The van der Waals surface area contributed by atoms with Crippen molar-refractivity contribution < 1.29 is 0 Å². The average molecular weight is 161 g/mol. The fourth-order valence-electron chi connectivity index (χ4n) is 1.15. The molecule has 0 saturated heterocycles. The summed E-state index contributed by atoms with van der Waals surface area (Å²) in [6.45, 7) is 8.05. The van der Waals surface area contributed by atoms with Crippen molar-refractivity contribution in [2.45, 2.75) is 38.5 Å². The van der Waals surface area contributed by atoms with E-state index in [4.69, 9.17) is 11.6 Å². The van der Waals surface area contributed by atoms with Crippen LogP contribution in [0.1, 0.15) is 33.1 Å². The monoisotopic (exact) mass is 160 g/mol. The van der Waals surface area contributed by atoms with Gasteiger partial charge in [-0.1, -0.05) is 32.8 Å². The molecule has 0 fully saturated rings. The summed E-state index contributed by atoms with van der Waals surface area (Å²) in [4.78, 5) is 0. The Hall–Kier alpha value is 0.0300. The molecule has 0 aromatic heterocycles. The van der Waals surface area contributed by atoms with E-state index in [9.17, 15) is 0 Å². The van der Waals surface area contributed by atoms with E-state index in [1.54, 1.807) is 0 Å². The van der Waals surface area contributed by atoms with E-state index < -0.39 is 0 Å². The quantitative estimate of drug-likeness (QED) is 0.426. The second-order valence-corrected chi connectivity index (χ2v) is 3.14. The molecule has 0 aliphatic rings. The zero-order chi connectivity index (χ0) is 7.98. The maximum absolute atomic E-state index is 5.99. The third-order valence-electron chi connectivity index (χ3n) is 1.86. The smallest absolute Gasteiger partial charge is 0.0541 e. The first-order chi connectivity index (χ1) is 4.76. The lowest BCUT2D eigenvalue weighted by Gasteiger charge is -2.16. The Balaban J connectivity index is 3.67. The molecule has 0 aromatic carbocycles. The van der Waals surface area contributed by atoms with Crippen molar-refractivity contribution in [1.29, 1.82) is 0 Å². The number of hydrogen-bond acceptors (Lipinski definition) is 0. The SMILES string of the molecule is C=CC(Cl)C(CC)CCC. The van der Waals surface area contributed by atoms with E-state index in [1.165, 1.54) is 12.8 Å². The lowest BCUT2D eigenvalue weighted by Crippen LogP contribution is -2.10. The lowest BCUT2D eigenvalue weighted by molar-refractivity contribution is 0.476.